The van der Waals surface area contributed by atoms with Gasteiger partial charge in [-0.05, 0) is 18.2 Å². The molecule has 0 radical (unpaired) electrons. The van der Waals surface area contributed by atoms with Crippen LogP contribution in [0.15, 0.2) is 47.6 Å². The topological polar surface area (TPSA) is 119 Å². The smallest absolute Gasteiger partial charge is 0.339 e. The maximum absolute atomic E-state index is 12.4. The quantitative estimate of drug-likeness (QED) is 0.515. The number of rotatable bonds is 7. The van der Waals surface area contributed by atoms with Crippen molar-refractivity contribution in [3.63, 3.8) is 0 Å². The van der Waals surface area contributed by atoms with E-state index in [0.29, 0.717) is 42.6 Å². The second kappa shape index (κ2) is 9.87. The van der Waals surface area contributed by atoms with Crippen molar-refractivity contribution < 1.29 is 19.1 Å². The van der Waals surface area contributed by atoms with E-state index in [-0.39, 0.29) is 18.3 Å². The molecular formula is C19H21N5O4S. The van der Waals surface area contributed by atoms with Crippen molar-refractivity contribution in [1.29, 1.82) is 0 Å². The molecule has 2 N–H and O–H groups in total. The van der Waals surface area contributed by atoms with Crippen LogP contribution in [0.4, 0.5) is 5.95 Å². The first-order valence-electron chi connectivity index (χ1n) is 9.01. The van der Waals surface area contributed by atoms with Gasteiger partial charge in [0.2, 0.25) is 11.9 Å². The van der Waals surface area contributed by atoms with E-state index in [4.69, 9.17) is 10.5 Å². The second-order valence-corrected chi connectivity index (χ2v) is 7.26. The van der Waals surface area contributed by atoms with Gasteiger partial charge in [0.25, 0.3) is 5.91 Å². The van der Waals surface area contributed by atoms with Gasteiger partial charge in [0.05, 0.1) is 11.3 Å². The summed E-state index contributed by atoms with van der Waals surface area (Å²) in [6.45, 7) is 1.88. The summed E-state index contributed by atoms with van der Waals surface area (Å²) in [5.74, 6) is -0.653. The standard InChI is InChI=1S/C19H21N5O4S/c20-16(25)13-29-15-5-2-1-4-14(15)18(27)28-12-17(26)23-8-10-24(11-9-23)19-21-6-3-7-22-19/h1-7H,8-13H2,(H2,20,25). The maximum Gasteiger partial charge on any atom is 0.339 e. The number of thioether (sulfide) groups is 1. The number of nitrogens with zero attached hydrogens (tertiary/aromatic N) is 4. The molecule has 3 rings (SSSR count). The Morgan fingerprint density at radius 2 is 1.72 bits per heavy atom. The maximum atomic E-state index is 12.4. The third kappa shape index (κ3) is 5.67. The van der Waals surface area contributed by atoms with Gasteiger partial charge in [-0.15, -0.1) is 11.8 Å². The minimum Gasteiger partial charge on any atom is -0.452 e. The number of hydrogen-bond acceptors (Lipinski definition) is 8. The number of primary amides is 1. The Hall–Kier alpha value is -3.14. The minimum atomic E-state index is -0.609. The summed E-state index contributed by atoms with van der Waals surface area (Å²) >= 11 is 1.16. The lowest BCUT2D eigenvalue weighted by atomic mass is 10.2. The monoisotopic (exact) mass is 415 g/mol. The van der Waals surface area contributed by atoms with Gasteiger partial charge in [0.15, 0.2) is 6.61 Å². The number of esters is 1. The van der Waals surface area contributed by atoms with Crippen LogP contribution in [-0.2, 0) is 14.3 Å². The van der Waals surface area contributed by atoms with E-state index in [0.717, 1.165) is 11.8 Å². The fourth-order valence-electron chi connectivity index (χ4n) is 2.82. The molecule has 2 amide bonds. The number of ether oxygens (including phenoxy) is 1. The summed E-state index contributed by atoms with van der Waals surface area (Å²) < 4.78 is 5.20. The highest BCUT2D eigenvalue weighted by Gasteiger charge is 2.24. The zero-order valence-electron chi connectivity index (χ0n) is 15.7. The van der Waals surface area contributed by atoms with E-state index in [9.17, 15) is 14.4 Å². The van der Waals surface area contributed by atoms with Crippen LogP contribution in [0.2, 0.25) is 0 Å². The van der Waals surface area contributed by atoms with Crippen molar-refractivity contribution in [2.75, 3.05) is 43.4 Å². The van der Waals surface area contributed by atoms with Gasteiger partial charge in [-0.1, -0.05) is 12.1 Å². The molecule has 1 saturated heterocycles. The Balaban J connectivity index is 1.50. The number of benzene rings is 1. The Morgan fingerprint density at radius 3 is 2.41 bits per heavy atom. The summed E-state index contributed by atoms with van der Waals surface area (Å²) in [7, 11) is 0. The number of anilines is 1. The third-order valence-corrected chi connectivity index (χ3v) is 5.37. The summed E-state index contributed by atoms with van der Waals surface area (Å²) in [6, 6.07) is 8.49. The highest BCUT2D eigenvalue weighted by molar-refractivity contribution is 8.00. The van der Waals surface area contributed by atoms with Gasteiger partial charge >= 0.3 is 5.97 Å². The number of amides is 2. The van der Waals surface area contributed by atoms with Crippen LogP contribution in [0.1, 0.15) is 10.4 Å². The van der Waals surface area contributed by atoms with E-state index < -0.39 is 11.9 Å². The SMILES string of the molecule is NC(=O)CSc1ccccc1C(=O)OCC(=O)N1CCN(c2ncccn2)CC1. The minimum absolute atomic E-state index is 0.0542. The molecule has 29 heavy (non-hydrogen) atoms. The molecule has 9 nitrogen and oxygen atoms in total. The van der Waals surface area contributed by atoms with E-state index in [1.54, 1.807) is 47.6 Å². The molecular weight excluding hydrogens is 394 g/mol. The van der Waals surface area contributed by atoms with E-state index in [2.05, 4.69) is 9.97 Å². The van der Waals surface area contributed by atoms with Crippen LogP contribution in [0.5, 0.6) is 0 Å². The van der Waals surface area contributed by atoms with E-state index in [1.165, 1.54) is 0 Å². The molecule has 1 aliphatic heterocycles. The van der Waals surface area contributed by atoms with Gasteiger partial charge in [0, 0.05) is 43.5 Å². The summed E-state index contributed by atoms with van der Waals surface area (Å²) in [6.07, 6.45) is 3.36. The number of hydrogen-bond donors (Lipinski definition) is 1. The number of carbonyl (C=O) groups is 3. The van der Waals surface area contributed by atoms with Crippen molar-refractivity contribution in [3.05, 3.63) is 48.3 Å². The van der Waals surface area contributed by atoms with Gasteiger partial charge in [0.1, 0.15) is 0 Å². The van der Waals surface area contributed by atoms with Crippen molar-refractivity contribution in [2.24, 2.45) is 5.73 Å². The molecule has 0 atom stereocenters. The number of nitrogens with two attached hydrogens (primary N) is 1. The molecule has 2 heterocycles. The zero-order valence-corrected chi connectivity index (χ0v) is 16.5. The van der Waals surface area contributed by atoms with Crippen molar-refractivity contribution in [1.82, 2.24) is 14.9 Å². The van der Waals surface area contributed by atoms with Crippen LogP contribution < -0.4 is 10.6 Å². The Morgan fingerprint density at radius 1 is 1.03 bits per heavy atom. The van der Waals surface area contributed by atoms with Crippen molar-refractivity contribution >= 4 is 35.5 Å². The van der Waals surface area contributed by atoms with Gasteiger partial charge < -0.3 is 20.3 Å². The molecule has 1 aromatic heterocycles. The van der Waals surface area contributed by atoms with Gasteiger partial charge in [-0.2, -0.15) is 0 Å². The Kier molecular flexibility index (Phi) is 7.01. The predicted molar refractivity (Wildman–Crippen MR) is 107 cm³/mol. The summed E-state index contributed by atoms with van der Waals surface area (Å²) in [4.78, 5) is 48.4. The molecule has 152 valence electrons. The summed E-state index contributed by atoms with van der Waals surface area (Å²) in [5.41, 5.74) is 5.46. The van der Waals surface area contributed by atoms with Crippen LogP contribution in [-0.4, -0.2) is 71.2 Å². The van der Waals surface area contributed by atoms with Crippen LogP contribution >= 0.6 is 11.8 Å². The Bertz CT molecular complexity index is 872. The van der Waals surface area contributed by atoms with E-state index >= 15 is 0 Å². The van der Waals surface area contributed by atoms with Crippen molar-refractivity contribution in [2.45, 2.75) is 4.90 Å². The molecule has 1 fully saturated rings. The van der Waals surface area contributed by atoms with Crippen LogP contribution in [0.25, 0.3) is 0 Å². The fraction of sp³-hybridized carbons (Fsp3) is 0.316. The molecule has 10 heteroatoms. The van der Waals surface area contributed by atoms with E-state index in [1.807, 2.05) is 4.90 Å². The lowest BCUT2D eigenvalue weighted by Gasteiger charge is -2.34. The lowest BCUT2D eigenvalue weighted by Crippen LogP contribution is -2.50. The lowest BCUT2D eigenvalue weighted by molar-refractivity contribution is -0.134. The molecule has 2 aromatic rings. The first-order valence-corrected chi connectivity index (χ1v) is 10.00. The molecule has 1 aliphatic rings. The number of carbonyl (C=O) groups excluding carboxylic acids is 3. The third-order valence-electron chi connectivity index (χ3n) is 4.27. The largest absolute Gasteiger partial charge is 0.452 e. The highest BCUT2D eigenvalue weighted by Crippen LogP contribution is 2.23. The molecule has 0 bridgehead atoms. The van der Waals surface area contributed by atoms with Gasteiger partial charge in [-0.25, -0.2) is 14.8 Å². The predicted octanol–water partition coefficient (Wildman–Crippen LogP) is 0.560. The zero-order chi connectivity index (χ0) is 20.6. The normalized spacial score (nSPS) is 13.8. The number of aromatic nitrogens is 2. The van der Waals surface area contributed by atoms with Crippen LogP contribution in [0, 0.1) is 0 Å². The van der Waals surface area contributed by atoms with Gasteiger partial charge in [-0.3, -0.25) is 9.59 Å². The fourth-order valence-corrected chi connectivity index (χ4v) is 3.60. The Labute approximate surface area is 172 Å². The molecule has 0 spiro atoms. The first-order chi connectivity index (χ1) is 14.0. The molecule has 0 saturated carbocycles. The first kappa shape index (κ1) is 20.6. The van der Waals surface area contributed by atoms with Crippen LogP contribution in [0.3, 0.4) is 0 Å². The second-order valence-electron chi connectivity index (χ2n) is 6.24. The average molecular weight is 415 g/mol. The average Bonchev–Trinajstić information content (AvgIpc) is 2.76. The number of piperazine rings is 1. The van der Waals surface area contributed by atoms with Crippen molar-refractivity contribution in [3.8, 4) is 0 Å². The molecule has 0 unspecified atom stereocenters. The summed E-state index contributed by atoms with van der Waals surface area (Å²) in [5, 5.41) is 0. The molecule has 0 aliphatic carbocycles. The highest BCUT2D eigenvalue weighted by atomic mass is 32.2. The molecule has 1 aromatic carbocycles.